The molecule has 0 aliphatic heterocycles. The molecule has 2 aromatic carbocycles. The Labute approximate surface area is 249 Å². The summed E-state index contributed by atoms with van der Waals surface area (Å²) in [5, 5.41) is 13.7. The summed E-state index contributed by atoms with van der Waals surface area (Å²) in [5.74, 6) is -2.21. The SMILES string of the molecule is C=CC(=O)Nc1cc(Cl)cc(NC(=O)c2cnn(-c3ccc(C(=O)NCCNC(=O)OC(C)(C)C)cc3)c2C(F)(F)F)c1. The number of amides is 4. The van der Waals surface area contributed by atoms with Crippen LogP contribution in [-0.4, -0.2) is 52.3 Å². The van der Waals surface area contributed by atoms with Crippen molar-refractivity contribution in [2.24, 2.45) is 0 Å². The first-order valence-corrected chi connectivity index (χ1v) is 13.0. The van der Waals surface area contributed by atoms with E-state index in [4.69, 9.17) is 16.3 Å². The number of ether oxygens (including phenoxy) is 1. The van der Waals surface area contributed by atoms with Gasteiger partial charge in [0, 0.05) is 35.1 Å². The van der Waals surface area contributed by atoms with Crippen LogP contribution in [0.3, 0.4) is 0 Å². The molecule has 15 heteroatoms. The third-order valence-corrected chi connectivity index (χ3v) is 5.56. The van der Waals surface area contributed by atoms with Gasteiger partial charge < -0.3 is 26.0 Å². The van der Waals surface area contributed by atoms with Gasteiger partial charge in [-0.3, -0.25) is 14.4 Å². The zero-order chi connectivity index (χ0) is 31.9. The van der Waals surface area contributed by atoms with Crippen LogP contribution in [0.2, 0.25) is 5.02 Å². The summed E-state index contributed by atoms with van der Waals surface area (Å²) in [6, 6.07) is 9.03. The Balaban J connectivity index is 1.74. The lowest BCUT2D eigenvalue weighted by molar-refractivity contribution is -0.143. The van der Waals surface area contributed by atoms with Crippen molar-refractivity contribution in [1.29, 1.82) is 0 Å². The molecule has 4 amide bonds. The number of benzene rings is 2. The lowest BCUT2D eigenvalue weighted by Crippen LogP contribution is -2.37. The summed E-state index contributed by atoms with van der Waals surface area (Å²) >= 11 is 6.02. The lowest BCUT2D eigenvalue weighted by Gasteiger charge is -2.19. The Bertz CT molecular complexity index is 1530. The monoisotopic (exact) mass is 620 g/mol. The molecule has 0 aliphatic rings. The van der Waals surface area contributed by atoms with Crippen LogP contribution in [0.25, 0.3) is 5.69 Å². The number of anilines is 2. The first kappa shape index (κ1) is 32.7. The topological polar surface area (TPSA) is 143 Å². The number of halogens is 4. The predicted octanol–water partition coefficient (Wildman–Crippen LogP) is 5.18. The Kier molecular flexibility index (Phi) is 10.2. The lowest BCUT2D eigenvalue weighted by atomic mass is 10.1. The highest BCUT2D eigenvalue weighted by Crippen LogP contribution is 2.34. The quantitative estimate of drug-likeness (QED) is 0.192. The third kappa shape index (κ3) is 9.33. The Hall–Kier alpha value is -4.85. The number of aromatic nitrogens is 2. The molecule has 0 atom stereocenters. The summed E-state index contributed by atoms with van der Waals surface area (Å²) in [5.41, 5.74) is -2.52. The standard InChI is InChI=1S/C28H28ClF3N6O5/c1-5-22(39)36-18-12-17(29)13-19(14-18)37-25(41)21-15-35-38(23(21)28(30,31)32)20-8-6-16(7-9-20)24(40)33-10-11-34-26(42)43-27(2,3)4/h5-9,12-15H,1,10-11H2,2-4H3,(H,33,40)(H,34,42)(H,36,39)(H,37,41). The molecular weight excluding hydrogens is 593 g/mol. The molecule has 0 fully saturated rings. The number of alkyl halides is 3. The summed E-state index contributed by atoms with van der Waals surface area (Å²) in [6.45, 7) is 8.61. The van der Waals surface area contributed by atoms with E-state index in [1.165, 1.54) is 42.5 Å². The van der Waals surface area contributed by atoms with Gasteiger partial charge in [-0.05, 0) is 69.3 Å². The van der Waals surface area contributed by atoms with Crippen LogP contribution in [-0.2, 0) is 15.7 Å². The van der Waals surface area contributed by atoms with Gasteiger partial charge in [-0.25, -0.2) is 9.48 Å². The van der Waals surface area contributed by atoms with Crippen LogP contribution < -0.4 is 21.3 Å². The number of hydrogen-bond acceptors (Lipinski definition) is 6. The van der Waals surface area contributed by atoms with Gasteiger partial charge in [-0.2, -0.15) is 18.3 Å². The van der Waals surface area contributed by atoms with E-state index in [-0.39, 0.29) is 40.7 Å². The molecule has 3 aromatic rings. The maximum Gasteiger partial charge on any atom is 0.434 e. The van der Waals surface area contributed by atoms with Crippen LogP contribution in [0.4, 0.5) is 29.3 Å². The van der Waals surface area contributed by atoms with Crippen molar-refractivity contribution in [3.05, 3.63) is 83.2 Å². The number of carbonyl (C=O) groups is 4. The van der Waals surface area contributed by atoms with E-state index in [1.54, 1.807) is 20.8 Å². The van der Waals surface area contributed by atoms with Gasteiger partial charge in [-0.1, -0.05) is 18.2 Å². The van der Waals surface area contributed by atoms with Crippen LogP contribution in [0.15, 0.2) is 61.3 Å². The number of rotatable bonds is 9. The summed E-state index contributed by atoms with van der Waals surface area (Å²) in [4.78, 5) is 48.6. The molecule has 0 unspecified atom stereocenters. The Morgan fingerprint density at radius 3 is 2.14 bits per heavy atom. The van der Waals surface area contributed by atoms with Gasteiger partial charge in [-0.15, -0.1) is 0 Å². The first-order chi connectivity index (χ1) is 20.1. The molecule has 228 valence electrons. The Morgan fingerprint density at radius 1 is 0.953 bits per heavy atom. The van der Waals surface area contributed by atoms with E-state index < -0.39 is 46.8 Å². The maximum absolute atomic E-state index is 14.1. The summed E-state index contributed by atoms with van der Waals surface area (Å²) in [7, 11) is 0. The average molecular weight is 621 g/mol. The average Bonchev–Trinajstić information content (AvgIpc) is 3.36. The van der Waals surface area contributed by atoms with Crippen molar-refractivity contribution in [1.82, 2.24) is 20.4 Å². The molecule has 1 aromatic heterocycles. The fourth-order valence-corrected chi connectivity index (χ4v) is 3.85. The molecule has 43 heavy (non-hydrogen) atoms. The number of hydrogen-bond donors (Lipinski definition) is 4. The predicted molar refractivity (Wildman–Crippen MR) is 153 cm³/mol. The minimum Gasteiger partial charge on any atom is -0.444 e. The van der Waals surface area contributed by atoms with Gasteiger partial charge in [0.15, 0.2) is 5.69 Å². The van der Waals surface area contributed by atoms with Crippen molar-refractivity contribution in [3.63, 3.8) is 0 Å². The van der Waals surface area contributed by atoms with Crippen molar-refractivity contribution in [3.8, 4) is 5.69 Å². The highest BCUT2D eigenvalue weighted by atomic mass is 35.5. The zero-order valence-corrected chi connectivity index (χ0v) is 24.0. The molecule has 3 rings (SSSR count). The summed E-state index contributed by atoms with van der Waals surface area (Å²) in [6.07, 6.45) is -3.86. The van der Waals surface area contributed by atoms with E-state index in [1.807, 2.05) is 0 Å². The molecule has 0 aliphatic carbocycles. The molecule has 0 radical (unpaired) electrons. The van der Waals surface area contributed by atoms with Gasteiger partial charge in [0.1, 0.15) is 5.60 Å². The minimum absolute atomic E-state index is 0.0226. The highest BCUT2D eigenvalue weighted by molar-refractivity contribution is 6.31. The van der Waals surface area contributed by atoms with Crippen LogP contribution in [0, 0.1) is 0 Å². The van der Waals surface area contributed by atoms with E-state index in [0.717, 1.165) is 12.3 Å². The zero-order valence-electron chi connectivity index (χ0n) is 23.3. The highest BCUT2D eigenvalue weighted by Gasteiger charge is 2.40. The number of nitrogens with one attached hydrogen (secondary N) is 4. The second-order valence-corrected chi connectivity index (χ2v) is 10.4. The Morgan fingerprint density at radius 2 is 1.56 bits per heavy atom. The molecule has 0 bridgehead atoms. The minimum atomic E-state index is -4.99. The van der Waals surface area contributed by atoms with E-state index in [2.05, 4.69) is 32.9 Å². The number of carbonyl (C=O) groups excluding carboxylic acids is 4. The molecule has 0 spiro atoms. The first-order valence-electron chi connectivity index (χ1n) is 12.6. The van der Waals surface area contributed by atoms with Gasteiger partial charge in [0.05, 0.1) is 17.4 Å². The van der Waals surface area contributed by atoms with Gasteiger partial charge >= 0.3 is 12.3 Å². The largest absolute Gasteiger partial charge is 0.444 e. The fraction of sp³-hybridized carbons (Fsp3) is 0.250. The normalized spacial score (nSPS) is 11.3. The van der Waals surface area contributed by atoms with E-state index >= 15 is 0 Å². The van der Waals surface area contributed by atoms with Crippen molar-refractivity contribution < 1.29 is 37.1 Å². The van der Waals surface area contributed by atoms with E-state index in [0.29, 0.717) is 4.68 Å². The maximum atomic E-state index is 14.1. The van der Waals surface area contributed by atoms with Crippen LogP contribution in [0.1, 0.15) is 47.2 Å². The molecule has 0 saturated carbocycles. The van der Waals surface area contributed by atoms with Gasteiger partial charge in [0.2, 0.25) is 5.91 Å². The third-order valence-electron chi connectivity index (χ3n) is 5.34. The van der Waals surface area contributed by atoms with E-state index in [9.17, 15) is 32.3 Å². The molecule has 0 saturated heterocycles. The van der Waals surface area contributed by atoms with Gasteiger partial charge in [0.25, 0.3) is 11.8 Å². The molecular formula is C28H28ClF3N6O5. The molecule has 11 nitrogen and oxygen atoms in total. The van der Waals surface area contributed by atoms with Crippen molar-refractivity contribution in [2.45, 2.75) is 32.5 Å². The second kappa shape index (κ2) is 13.4. The number of alkyl carbamates (subject to hydrolysis) is 1. The van der Waals surface area contributed by atoms with Crippen LogP contribution in [0.5, 0.6) is 0 Å². The van der Waals surface area contributed by atoms with Crippen LogP contribution >= 0.6 is 11.6 Å². The van der Waals surface area contributed by atoms with Crippen molar-refractivity contribution in [2.75, 3.05) is 23.7 Å². The molecule has 4 N–H and O–H groups in total. The second-order valence-electron chi connectivity index (χ2n) is 9.92. The van der Waals surface area contributed by atoms with Crippen molar-refractivity contribution >= 4 is 46.8 Å². The summed E-state index contributed by atoms with van der Waals surface area (Å²) < 4.78 is 48.1. The fourth-order valence-electron chi connectivity index (χ4n) is 3.62. The smallest absolute Gasteiger partial charge is 0.434 e. The molecule has 1 heterocycles. The number of nitrogens with zero attached hydrogens (tertiary/aromatic N) is 2.